The second-order valence-electron chi connectivity index (χ2n) is 5.02. The number of hydrogen-bond acceptors (Lipinski definition) is 3. The summed E-state index contributed by atoms with van der Waals surface area (Å²) in [7, 11) is 3.54. The summed E-state index contributed by atoms with van der Waals surface area (Å²) in [5, 5.41) is 0. The van der Waals surface area contributed by atoms with Gasteiger partial charge in [-0.3, -0.25) is 0 Å². The number of likely N-dealkylation sites (tertiary alicyclic amines) is 1. The summed E-state index contributed by atoms with van der Waals surface area (Å²) in [6, 6.07) is 6.24. The first kappa shape index (κ1) is 15.0. The topological polar surface area (TPSA) is 32.8 Å². The minimum absolute atomic E-state index is 0.121. The van der Waals surface area contributed by atoms with Gasteiger partial charge < -0.3 is 14.5 Å². The van der Waals surface area contributed by atoms with Gasteiger partial charge in [0.05, 0.1) is 7.11 Å². The van der Waals surface area contributed by atoms with E-state index in [-0.39, 0.29) is 6.03 Å². The molecule has 0 spiro atoms. The molecule has 0 aromatic heterocycles. The van der Waals surface area contributed by atoms with Crippen molar-refractivity contribution in [3.63, 3.8) is 0 Å². The summed E-state index contributed by atoms with van der Waals surface area (Å²) in [5.41, 5.74) is 1.09. The molecule has 1 aliphatic heterocycles. The molecule has 0 unspecified atom stereocenters. The van der Waals surface area contributed by atoms with Crippen LogP contribution in [-0.2, 0) is 6.54 Å². The van der Waals surface area contributed by atoms with Crippen molar-refractivity contribution in [3.05, 3.63) is 23.8 Å². The van der Waals surface area contributed by atoms with Gasteiger partial charge in [-0.2, -0.15) is 0 Å². The summed E-state index contributed by atoms with van der Waals surface area (Å²) in [6.07, 6.45) is 4.27. The zero-order valence-corrected chi connectivity index (χ0v) is 13.2. The molecule has 0 saturated carbocycles. The Bertz CT molecular complexity index is 473. The molecule has 1 aromatic carbocycles. The third-order valence-electron chi connectivity index (χ3n) is 3.57. The van der Waals surface area contributed by atoms with E-state index in [0.717, 1.165) is 42.1 Å². The van der Waals surface area contributed by atoms with Gasteiger partial charge in [-0.15, -0.1) is 11.8 Å². The van der Waals surface area contributed by atoms with Crippen LogP contribution in [0.5, 0.6) is 5.75 Å². The zero-order chi connectivity index (χ0) is 14.5. The molecule has 5 heteroatoms. The summed E-state index contributed by atoms with van der Waals surface area (Å²) in [6.45, 7) is 2.39. The number of urea groups is 1. The summed E-state index contributed by atoms with van der Waals surface area (Å²) in [4.78, 5) is 17.1. The normalized spacial score (nSPS) is 14.4. The molecule has 2 amide bonds. The lowest BCUT2D eigenvalue weighted by atomic mass is 10.2. The molecule has 1 heterocycles. The van der Waals surface area contributed by atoms with Crippen LogP contribution in [0.15, 0.2) is 23.1 Å². The molecule has 1 aliphatic rings. The number of carbonyl (C=O) groups is 1. The van der Waals surface area contributed by atoms with Crippen molar-refractivity contribution in [3.8, 4) is 5.75 Å². The van der Waals surface area contributed by atoms with Crippen molar-refractivity contribution < 1.29 is 9.53 Å². The number of thioether (sulfide) groups is 1. The van der Waals surface area contributed by atoms with Crippen molar-refractivity contribution in [1.82, 2.24) is 9.80 Å². The second-order valence-corrected chi connectivity index (χ2v) is 5.87. The van der Waals surface area contributed by atoms with Crippen LogP contribution < -0.4 is 4.74 Å². The zero-order valence-electron chi connectivity index (χ0n) is 12.4. The minimum Gasteiger partial charge on any atom is -0.496 e. The monoisotopic (exact) mass is 294 g/mol. The Kier molecular flexibility index (Phi) is 5.17. The largest absolute Gasteiger partial charge is 0.496 e. The molecule has 0 bridgehead atoms. The Hall–Kier alpha value is -1.36. The minimum atomic E-state index is 0.121. The highest BCUT2D eigenvalue weighted by Gasteiger charge is 2.21. The average molecular weight is 294 g/mol. The molecule has 20 heavy (non-hydrogen) atoms. The number of ether oxygens (including phenoxy) is 1. The number of amides is 2. The highest BCUT2D eigenvalue weighted by Crippen LogP contribution is 2.28. The van der Waals surface area contributed by atoms with E-state index >= 15 is 0 Å². The molecule has 0 radical (unpaired) electrons. The maximum atomic E-state index is 12.2. The highest BCUT2D eigenvalue weighted by atomic mass is 32.2. The molecule has 0 N–H and O–H groups in total. The average Bonchev–Trinajstić information content (AvgIpc) is 3.00. The Labute approximate surface area is 125 Å². The van der Waals surface area contributed by atoms with Gasteiger partial charge in [0.2, 0.25) is 0 Å². The quantitative estimate of drug-likeness (QED) is 0.800. The summed E-state index contributed by atoms with van der Waals surface area (Å²) >= 11 is 1.66. The van der Waals surface area contributed by atoms with Crippen LogP contribution in [0.4, 0.5) is 4.79 Å². The van der Waals surface area contributed by atoms with Gasteiger partial charge in [0.15, 0.2) is 0 Å². The SMILES string of the molecule is COc1cc(CN(C)C(=O)N2CCCC2)ccc1SC. The van der Waals surface area contributed by atoms with Crippen LogP contribution in [0, 0.1) is 0 Å². The Balaban J connectivity index is 2.03. The maximum Gasteiger partial charge on any atom is 0.320 e. The first-order valence-electron chi connectivity index (χ1n) is 6.86. The van der Waals surface area contributed by atoms with Gasteiger partial charge in [0.25, 0.3) is 0 Å². The van der Waals surface area contributed by atoms with E-state index in [9.17, 15) is 4.79 Å². The fourth-order valence-corrected chi connectivity index (χ4v) is 3.02. The van der Waals surface area contributed by atoms with Crippen LogP contribution in [0.2, 0.25) is 0 Å². The van der Waals surface area contributed by atoms with Crippen molar-refractivity contribution >= 4 is 17.8 Å². The highest BCUT2D eigenvalue weighted by molar-refractivity contribution is 7.98. The number of hydrogen-bond donors (Lipinski definition) is 0. The van der Waals surface area contributed by atoms with E-state index < -0.39 is 0 Å². The van der Waals surface area contributed by atoms with Crippen LogP contribution in [-0.4, -0.2) is 49.3 Å². The van der Waals surface area contributed by atoms with Gasteiger partial charge in [0.1, 0.15) is 5.75 Å². The van der Waals surface area contributed by atoms with Gasteiger partial charge in [-0.1, -0.05) is 6.07 Å². The second kappa shape index (κ2) is 6.88. The number of rotatable bonds is 4. The predicted molar refractivity (Wildman–Crippen MR) is 82.4 cm³/mol. The Morgan fingerprint density at radius 2 is 2.10 bits per heavy atom. The van der Waals surface area contributed by atoms with Crippen LogP contribution in [0.1, 0.15) is 18.4 Å². The van der Waals surface area contributed by atoms with Crippen LogP contribution in [0.25, 0.3) is 0 Å². The molecule has 2 rings (SSSR count). The summed E-state index contributed by atoms with van der Waals surface area (Å²) in [5.74, 6) is 0.872. The fourth-order valence-electron chi connectivity index (χ4n) is 2.47. The van der Waals surface area contributed by atoms with Gasteiger partial charge in [0, 0.05) is 31.6 Å². The van der Waals surface area contributed by atoms with E-state index in [1.807, 2.05) is 30.3 Å². The lowest BCUT2D eigenvalue weighted by Crippen LogP contribution is -2.38. The first-order valence-corrected chi connectivity index (χ1v) is 8.09. The van der Waals surface area contributed by atoms with Gasteiger partial charge in [-0.05, 0) is 36.8 Å². The Morgan fingerprint density at radius 3 is 2.70 bits per heavy atom. The predicted octanol–water partition coefficient (Wildman–Crippen LogP) is 3.06. The van der Waals surface area contributed by atoms with E-state index in [2.05, 4.69) is 6.07 Å². The Morgan fingerprint density at radius 1 is 1.40 bits per heavy atom. The van der Waals surface area contributed by atoms with Crippen molar-refractivity contribution in [2.75, 3.05) is 33.5 Å². The number of benzene rings is 1. The first-order chi connectivity index (χ1) is 9.65. The van der Waals surface area contributed by atoms with Crippen molar-refractivity contribution in [1.29, 1.82) is 0 Å². The smallest absolute Gasteiger partial charge is 0.320 e. The lowest BCUT2D eigenvalue weighted by molar-refractivity contribution is 0.171. The van der Waals surface area contributed by atoms with Gasteiger partial charge in [-0.25, -0.2) is 4.79 Å². The molecule has 4 nitrogen and oxygen atoms in total. The molecule has 0 atom stereocenters. The maximum absolute atomic E-state index is 12.2. The van der Waals surface area contributed by atoms with Crippen LogP contribution in [0.3, 0.4) is 0 Å². The molecule has 1 saturated heterocycles. The van der Waals surface area contributed by atoms with Crippen molar-refractivity contribution in [2.24, 2.45) is 0 Å². The van der Waals surface area contributed by atoms with Gasteiger partial charge >= 0.3 is 6.03 Å². The van der Waals surface area contributed by atoms with Crippen molar-refractivity contribution in [2.45, 2.75) is 24.3 Å². The molecule has 1 aromatic rings. The van der Waals surface area contributed by atoms with Crippen LogP contribution >= 0.6 is 11.8 Å². The molecule has 110 valence electrons. The molecule has 1 fully saturated rings. The third-order valence-corrected chi connectivity index (χ3v) is 4.35. The number of nitrogens with zero attached hydrogens (tertiary/aromatic N) is 2. The van der Waals surface area contributed by atoms with E-state index in [1.54, 1.807) is 23.8 Å². The fraction of sp³-hybridized carbons (Fsp3) is 0.533. The molecule has 0 aliphatic carbocycles. The lowest BCUT2D eigenvalue weighted by Gasteiger charge is -2.24. The number of carbonyl (C=O) groups excluding carboxylic acids is 1. The van der Waals surface area contributed by atoms with E-state index in [4.69, 9.17) is 4.74 Å². The summed E-state index contributed by atoms with van der Waals surface area (Å²) < 4.78 is 5.38. The van der Waals surface area contributed by atoms with E-state index in [1.165, 1.54) is 0 Å². The number of methoxy groups -OCH3 is 1. The molecular weight excluding hydrogens is 272 g/mol. The van der Waals surface area contributed by atoms with E-state index in [0.29, 0.717) is 6.54 Å². The molecular formula is C15H22N2O2S. The standard InChI is InChI=1S/C15H22N2O2S/c1-16(15(18)17-8-4-5-9-17)11-12-6-7-14(20-3)13(10-12)19-2/h6-7,10H,4-5,8-9,11H2,1-3H3. The third kappa shape index (κ3) is 3.39.